The normalized spacial score (nSPS) is 13.0. The van der Waals surface area contributed by atoms with Crippen LogP contribution >= 0.6 is 11.8 Å². The average molecular weight is 412 g/mol. The average Bonchev–Trinajstić information content (AvgIpc) is 2.97. The molecule has 0 saturated carbocycles. The molecule has 2 aromatic rings. The second kappa shape index (κ2) is 10.2. The largest absolute Gasteiger partial charge is 0.497 e. The van der Waals surface area contributed by atoms with Gasteiger partial charge in [0.25, 0.3) is 0 Å². The van der Waals surface area contributed by atoms with Gasteiger partial charge in [0.2, 0.25) is 5.91 Å². The minimum absolute atomic E-state index is 0.127. The second-order valence-electron chi connectivity index (χ2n) is 6.83. The van der Waals surface area contributed by atoms with E-state index in [1.165, 1.54) is 23.7 Å². The highest BCUT2D eigenvalue weighted by Crippen LogP contribution is 2.30. The zero-order chi connectivity index (χ0) is 20.6. The number of benzene rings is 1. The maximum atomic E-state index is 12.4. The van der Waals surface area contributed by atoms with Gasteiger partial charge < -0.3 is 14.8 Å². The van der Waals surface area contributed by atoms with E-state index in [0.29, 0.717) is 34.9 Å². The molecule has 7 heteroatoms. The van der Waals surface area contributed by atoms with Gasteiger partial charge in [0.05, 0.1) is 25.5 Å². The van der Waals surface area contributed by atoms with E-state index in [1.807, 2.05) is 6.07 Å². The van der Waals surface area contributed by atoms with Crippen molar-refractivity contribution < 1.29 is 14.3 Å². The lowest BCUT2D eigenvalue weighted by molar-refractivity contribution is -0.115. The molecular formula is C22H25N3O3S. The Balaban J connectivity index is 1.62. The van der Waals surface area contributed by atoms with Crippen LogP contribution in [0.1, 0.15) is 42.5 Å². The van der Waals surface area contributed by atoms with Gasteiger partial charge in [0, 0.05) is 23.9 Å². The molecule has 1 heterocycles. The number of aryl methyl sites for hydroxylation is 2. The van der Waals surface area contributed by atoms with Crippen LogP contribution < -0.4 is 14.8 Å². The van der Waals surface area contributed by atoms with Gasteiger partial charge in [-0.1, -0.05) is 6.42 Å². The molecule has 6 nitrogen and oxygen atoms in total. The summed E-state index contributed by atoms with van der Waals surface area (Å²) in [5.74, 6) is 1.63. The first kappa shape index (κ1) is 21.0. The Kier molecular flexibility index (Phi) is 7.36. The molecule has 3 rings (SSSR count). The summed E-state index contributed by atoms with van der Waals surface area (Å²) in [4.78, 5) is 17.1. The lowest BCUT2D eigenvalue weighted by atomic mass is 10.1. The fraction of sp³-hybridized carbons (Fsp3) is 0.409. The fourth-order valence-corrected chi connectivity index (χ4v) is 4.26. The number of methoxy groups -OCH3 is 2. The summed E-state index contributed by atoms with van der Waals surface area (Å²) in [6, 6.07) is 9.50. The Bertz CT molecular complexity index is 924. The van der Waals surface area contributed by atoms with Crippen molar-refractivity contribution in [2.24, 2.45) is 0 Å². The maximum Gasteiger partial charge on any atom is 0.225 e. The van der Waals surface area contributed by atoms with Crippen LogP contribution in [0.4, 0.5) is 5.69 Å². The maximum absolute atomic E-state index is 12.4. The SMILES string of the molecule is COc1ccc(OC)c(NC(=O)CCSc2nc3c(cc2C#N)CCCCC3)c1. The van der Waals surface area contributed by atoms with Gasteiger partial charge in [-0.2, -0.15) is 5.26 Å². The van der Waals surface area contributed by atoms with Crippen molar-refractivity contribution >= 4 is 23.4 Å². The molecular weight excluding hydrogens is 386 g/mol. The van der Waals surface area contributed by atoms with Crippen LogP contribution in [0.15, 0.2) is 29.3 Å². The molecule has 1 aromatic heterocycles. The van der Waals surface area contributed by atoms with Gasteiger partial charge in [-0.05, 0) is 49.4 Å². The van der Waals surface area contributed by atoms with Gasteiger partial charge in [-0.25, -0.2) is 4.98 Å². The summed E-state index contributed by atoms with van der Waals surface area (Å²) < 4.78 is 10.5. The van der Waals surface area contributed by atoms with Crippen molar-refractivity contribution in [3.63, 3.8) is 0 Å². The van der Waals surface area contributed by atoms with Gasteiger partial charge in [0.15, 0.2) is 0 Å². The first-order chi connectivity index (χ1) is 14.1. The predicted octanol–water partition coefficient (Wildman–Crippen LogP) is 4.36. The second-order valence-corrected chi connectivity index (χ2v) is 7.92. The van der Waals surface area contributed by atoms with Crippen LogP contribution in [0, 0.1) is 11.3 Å². The third kappa shape index (κ3) is 5.42. The van der Waals surface area contributed by atoms with Crippen LogP contribution in [0.3, 0.4) is 0 Å². The number of hydrogen-bond donors (Lipinski definition) is 1. The van der Waals surface area contributed by atoms with Gasteiger partial charge >= 0.3 is 0 Å². The summed E-state index contributed by atoms with van der Waals surface area (Å²) >= 11 is 1.46. The quantitative estimate of drug-likeness (QED) is 0.538. The number of nitrogens with zero attached hydrogens (tertiary/aromatic N) is 2. The molecule has 1 aliphatic carbocycles. The molecule has 152 valence electrons. The number of amides is 1. The Morgan fingerprint density at radius 1 is 1.21 bits per heavy atom. The van der Waals surface area contributed by atoms with Gasteiger partial charge in [0.1, 0.15) is 22.6 Å². The van der Waals surface area contributed by atoms with E-state index >= 15 is 0 Å². The van der Waals surface area contributed by atoms with Crippen molar-refractivity contribution in [2.75, 3.05) is 25.3 Å². The number of ether oxygens (including phenoxy) is 2. The number of rotatable bonds is 7. The molecule has 0 aliphatic heterocycles. The zero-order valence-electron chi connectivity index (χ0n) is 16.8. The van der Waals surface area contributed by atoms with Crippen molar-refractivity contribution in [3.05, 3.63) is 41.1 Å². The number of carbonyl (C=O) groups excluding carboxylic acids is 1. The first-order valence-electron chi connectivity index (χ1n) is 9.72. The van der Waals surface area contributed by atoms with Crippen LogP contribution in [0.5, 0.6) is 11.5 Å². The lowest BCUT2D eigenvalue weighted by Gasteiger charge is -2.12. The van der Waals surface area contributed by atoms with Crippen LogP contribution in [-0.4, -0.2) is 30.9 Å². The third-order valence-corrected chi connectivity index (χ3v) is 5.88. The summed E-state index contributed by atoms with van der Waals surface area (Å²) in [5, 5.41) is 13.1. The Hall–Kier alpha value is -2.72. The minimum atomic E-state index is -0.127. The third-order valence-electron chi connectivity index (χ3n) is 4.88. The summed E-state index contributed by atoms with van der Waals surface area (Å²) in [6.45, 7) is 0. The van der Waals surface area contributed by atoms with Crippen molar-refractivity contribution in [1.29, 1.82) is 5.26 Å². The number of hydrogen-bond acceptors (Lipinski definition) is 6. The molecule has 1 amide bonds. The number of anilines is 1. The molecule has 0 unspecified atom stereocenters. The Morgan fingerprint density at radius 2 is 2.03 bits per heavy atom. The molecule has 29 heavy (non-hydrogen) atoms. The van der Waals surface area contributed by atoms with E-state index in [-0.39, 0.29) is 5.91 Å². The molecule has 0 fully saturated rings. The highest BCUT2D eigenvalue weighted by Gasteiger charge is 2.15. The molecule has 0 radical (unpaired) electrons. The predicted molar refractivity (Wildman–Crippen MR) is 114 cm³/mol. The number of nitrogens with one attached hydrogen (secondary N) is 1. The van der Waals surface area contributed by atoms with Crippen molar-refractivity contribution in [1.82, 2.24) is 4.98 Å². The van der Waals surface area contributed by atoms with Crippen molar-refractivity contribution in [3.8, 4) is 17.6 Å². The van der Waals surface area contributed by atoms with Gasteiger partial charge in [-0.15, -0.1) is 11.8 Å². The molecule has 0 bridgehead atoms. The first-order valence-corrected chi connectivity index (χ1v) is 10.7. The molecule has 1 aliphatic rings. The highest BCUT2D eigenvalue weighted by atomic mass is 32.2. The number of nitriles is 1. The van der Waals surface area contributed by atoms with E-state index < -0.39 is 0 Å². The fourth-order valence-electron chi connectivity index (χ4n) is 3.35. The summed E-state index contributed by atoms with van der Waals surface area (Å²) in [5.41, 5.74) is 3.48. The topological polar surface area (TPSA) is 84.2 Å². The van der Waals surface area contributed by atoms with Gasteiger partial charge in [-0.3, -0.25) is 4.79 Å². The number of fused-ring (bicyclic) bond motifs is 1. The standard InChI is InChI=1S/C22H25N3O3S/c1-27-17-8-9-20(28-2)19(13-17)24-21(26)10-11-29-22-16(14-23)12-15-6-4-3-5-7-18(15)25-22/h8-9,12-13H,3-7,10-11H2,1-2H3,(H,24,26). The summed E-state index contributed by atoms with van der Waals surface area (Å²) in [7, 11) is 3.13. The molecule has 1 aromatic carbocycles. The monoisotopic (exact) mass is 411 g/mol. The van der Waals surface area contributed by atoms with Crippen LogP contribution in [0.25, 0.3) is 0 Å². The smallest absolute Gasteiger partial charge is 0.225 e. The number of aromatic nitrogens is 1. The minimum Gasteiger partial charge on any atom is -0.497 e. The van der Waals surface area contributed by atoms with E-state index in [2.05, 4.69) is 11.4 Å². The number of pyridine rings is 1. The van der Waals surface area contributed by atoms with E-state index in [1.54, 1.807) is 32.4 Å². The van der Waals surface area contributed by atoms with Crippen LogP contribution in [0.2, 0.25) is 0 Å². The lowest BCUT2D eigenvalue weighted by Crippen LogP contribution is -2.13. The molecule has 0 spiro atoms. The number of thioether (sulfide) groups is 1. The number of carbonyl (C=O) groups is 1. The summed E-state index contributed by atoms with van der Waals surface area (Å²) in [6.07, 6.45) is 5.75. The highest BCUT2D eigenvalue weighted by molar-refractivity contribution is 7.99. The molecule has 0 atom stereocenters. The Morgan fingerprint density at radius 3 is 2.79 bits per heavy atom. The van der Waals surface area contributed by atoms with E-state index in [9.17, 15) is 10.1 Å². The van der Waals surface area contributed by atoms with Crippen LogP contribution in [-0.2, 0) is 17.6 Å². The Labute approximate surface area is 175 Å². The molecule has 0 saturated heterocycles. The van der Waals surface area contributed by atoms with E-state index in [0.717, 1.165) is 36.4 Å². The molecule has 1 N–H and O–H groups in total. The van der Waals surface area contributed by atoms with Crippen molar-refractivity contribution in [2.45, 2.75) is 43.6 Å². The zero-order valence-corrected chi connectivity index (χ0v) is 17.6. The van der Waals surface area contributed by atoms with E-state index in [4.69, 9.17) is 14.5 Å².